The van der Waals surface area contributed by atoms with E-state index in [1.165, 1.54) is 19.2 Å². The molecule has 1 aromatic carbocycles. The average Bonchev–Trinajstić information content (AvgIpc) is 2.52. The molecule has 1 amide bonds. The van der Waals surface area contributed by atoms with Crippen LogP contribution in [0.5, 0.6) is 0 Å². The van der Waals surface area contributed by atoms with E-state index in [1.807, 2.05) is 0 Å². The molecule has 1 atom stereocenters. The average molecular weight is 340 g/mol. The summed E-state index contributed by atoms with van der Waals surface area (Å²) in [5.41, 5.74) is -0.625. The summed E-state index contributed by atoms with van der Waals surface area (Å²) in [7, 11) is 1.32. The highest BCUT2D eigenvalue weighted by molar-refractivity contribution is 5.94. The molecule has 1 aromatic heterocycles. The summed E-state index contributed by atoms with van der Waals surface area (Å²) in [4.78, 5) is 24.3. The zero-order valence-electron chi connectivity index (χ0n) is 12.7. The van der Waals surface area contributed by atoms with Crippen LogP contribution in [0.1, 0.15) is 11.7 Å². The molecule has 2 rings (SSSR count). The fourth-order valence-electron chi connectivity index (χ4n) is 2.17. The SMILES string of the molecule is CO[C@@H](C(=O)Nc1cccn(CC(F)(F)F)c1=O)c1ccccc1. The molecule has 0 bridgehead atoms. The van der Waals surface area contributed by atoms with Gasteiger partial charge in [0, 0.05) is 13.3 Å². The van der Waals surface area contributed by atoms with Gasteiger partial charge in [0.05, 0.1) is 0 Å². The zero-order chi connectivity index (χ0) is 17.7. The van der Waals surface area contributed by atoms with Crippen LogP contribution in [0.4, 0.5) is 18.9 Å². The van der Waals surface area contributed by atoms with Crippen LogP contribution in [0.2, 0.25) is 0 Å². The highest BCUT2D eigenvalue weighted by Gasteiger charge is 2.29. The largest absolute Gasteiger partial charge is 0.406 e. The number of carbonyl (C=O) groups excluding carboxylic acids is 1. The molecule has 0 fully saturated rings. The van der Waals surface area contributed by atoms with Gasteiger partial charge < -0.3 is 14.6 Å². The highest BCUT2D eigenvalue weighted by Crippen LogP contribution is 2.19. The molecule has 0 aliphatic rings. The molecule has 1 heterocycles. The summed E-state index contributed by atoms with van der Waals surface area (Å²) < 4.78 is 43.0. The second-order valence-corrected chi connectivity index (χ2v) is 4.99. The van der Waals surface area contributed by atoms with Crippen molar-refractivity contribution < 1.29 is 22.7 Å². The minimum atomic E-state index is -4.54. The molecule has 0 aliphatic heterocycles. The van der Waals surface area contributed by atoms with Crippen LogP contribution in [0.15, 0.2) is 53.5 Å². The van der Waals surface area contributed by atoms with Gasteiger partial charge in [-0.05, 0) is 17.7 Å². The normalized spacial score (nSPS) is 12.7. The molecule has 5 nitrogen and oxygen atoms in total. The van der Waals surface area contributed by atoms with Crippen LogP contribution in [-0.2, 0) is 16.1 Å². The van der Waals surface area contributed by atoms with Gasteiger partial charge in [-0.15, -0.1) is 0 Å². The van der Waals surface area contributed by atoms with E-state index in [-0.39, 0.29) is 5.69 Å². The Bertz CT molecular complexity index is 757. The molecule has 0 unspecified atom stereocenters. The van der Waals surface area contributed by atoms with Crippen molar-refractivity contribution in [2.75, 3.05) is 12.4 Å². The van der Waals surface area contributed by atoms with Crippen molar-refractivity contribution in [3.05, 3.63) is 64.6 Å². The lowest BCUT2D eigenvalue weighted by Gasteiger charge is -2.16. The summed E-state index contributed by atoms with van der Waals surface area (Å²) in [6, 6.07) is 11.0. The summed E-state index contributed by atoms with van der Waals surface area (Å²) in [5, 5.41) is 2.32. The molecule has 1 N–H and O–H groups in total. The van der Waals surface area contributed by atoms with Crippen molar-refractivity contribution >= 4 is 11.6 Å². The first-order valence-corrected chi connectivity index (χ1v) is 6.96. The smallest absolute Gasteiger partial charge is 0.367 e. The van der Waals surface area contributed by atoms with Crippen LogP contribution in [-0.4, -0.2) is 23.8 Å². The van der Waals surface area contributed by atoms with Crippen LogP contribution in [0.3, 0.4) is 0 Å². The monoisotopic (exact) mass is 340 g/mol. The lowest BCUT2D eigenvalue weighted by Crippen LogP contribution is -2.32. The topological polar surface area (TPSA) is 60.3 Å². The van der Waals surface area contributed by atoms with E-state index in [4.69, 9.17) is 4.74 Å². The van der Waals surface area contributed by atoms with E-state index in [0.29, 0.717) is 10.1 Å². The van der Waals surface area contributed by atoms with Gasteiger partial charge >= 0.3 is 6.18 Å². The number of halogens is 3. The number of methoxy groups -OCH3 is 1. The van der Waals surface area contributed by atoms with E-state index in [1.54, 1.807) is 30.3 Å². The Morgan fingerprint density at radius 3 is 2.46 bits per heavy atom. The highest BCUT2D eigenvalue weighted by atomic mass is 19.4. The molecule has 2 aromatic rings. The predicted molar refractivity (Wildman–Crippen MR) is 81.6 cm³/mol. The Hall–Kier alpha value is -2.61. The number of pyridine rings is 1. The fourth-order valence-corrected chi connectivity index (χ4v) is 2.17. The Morgan fingerprint density at radius 2 is 1.88 bits per heavy atom. The maximum atomic E-state index is 12.5. The van der Waals surface area contributed by atoms with E-state index in [0.717, 1.165) is 6.20 Å². The van der Waals surface area contributed by atoms with Gasteiger partial charge in [-0.3, -0.25) is 9.59 Å². The van der Waals surface area contributed by atoms with Crippen molar-refractivity contribution in [1.82, 2.24) is 4.57 Å². The standard InChI is InChI=1S/C16H15F3N2O3/c1-24-13(11-6-3-2-4-7-11)14(22)20-12-8-5-9-21(15(12)23)10-16(17,18)19/h2-9,13H,10H2,1H3,(H,20,22)/t13-/m1/s1. The number of nitrogens with zero attached hydrogens (tertiary/aromatic N) is 1. The molecule has 128 valence electrons. The summed E-state index contributed by atoms with van der Waals surface area (Å²) >= 11 is 0. The number of nitrogens with one attached hydrogen (secondary N) is 1. The van der Waals surface area contributed by atoms with Gasteiger partial charge in [0.2, 0.25) is 0 Å². The van der Waals surface area contributed by atoms with E-state index >= 15 is 0 Å². The maximum Gasteiger partial charge on any atom is 0.406 e. The van der Waals surface area contributed by atoms with Crippen molar-refractivity contribution in [2.45, 2.75) is 18.8 Å². The third-order valence-corrected chi connectivity index (χ3v) is 3.20. The van der Waals surface area contributed by atoms with Gasteiger partial charge in [0.15, 0.2) is 6.10 Å². The predicted octanol–water partition coefficient (Wildman–Crippen LogP) is 2.74. The quantitative estimate of drug-likeness (QED) is 0.910. The minimum Gasteiger partial charge on any atom is -0.367 e. The van der Waals surface area contributed by atoms with Gasteiger partial charge in [-0.2, -0.15) is 13.2 Å². The van der Waals surface area contributed by atoms with Crippen molar-refractivity contribution in [1.29, 1.82) is 0 Å². The van der Waals surface area contributed by atoms with Crippen molar-refractivity contribution in [2.24, 2.45) is 0 Å². The Morgan fingerprint density at radius 1 is 1.21 bits per heavy atom. The number of amides is 1. The molecule has 0 saturated heterocycles. The second kappa shape index (κ2) is 7.31. The Labute approximate surface area is 135 Å². The third-order valence-electron chi connectivity index (χ3n) is 3.20. The molecule has 0 radical (unpaired) electrons. The molecule has 0 aliphatic carbocycles. The summed E-state index contributed by atoms with van der Waals surface area (Å²) in [6.45, 7) is -1.43. The number of hydrogen-bond acceptors (Lipinski definition) is 3. The lowest BCUT2D eigenvalue weighted by atomic mass is 10.1. The second-order valence-electron chi connectivity index (χ2n) is 4.99. The first kappa shape index (κ1) is 17.7. The van der Waals surface area contributed by atoms with Crippen molar-refractivity contribution in [3.63, 3.8) is 0 Å². The number of aromatic nitrogens is 1. The van der Waals surface area contributed by atoms with Gasteiger partial charge in [-0.1, -0.05) is 30.3 Å². The van der Waals surface area contributed by atoms with Gasteiger partial charge in [-0.25, -0.2) is 0 Å². The number of carbonyl (C=O) groups is 1. The van der Waals surface area contributed by atoms with Crippen LogP contribution in [0, 0.1) is 0 Å². The Kier molecular flexibility index (Phi) is 5.40. The molecule has 8 heteroatoms. The number of benzene rings is 1. The van der Waals surface area contributed by atoms with Crippen LogP contribution >= 0.6 is 0 Å². The van der Waals surface area contributed by atoms with E-state index < -0.39 is 30.3 Å². The third kappa shape index (κ3) is 4.45. The summed E-state index contributed by atoms with van der Waals surface area (Å²) in [6.07, 6.45) is -4.51. The van der Waals surface area contributed by atoms with Gasteiger partial charge in [0.25, 0.3) is 11.5 Å². The van der Waals surface area contributed by atoms with Gasteiger partial charge in [0.1, 0.15) is 12.2 Å². The number of rotatable bonds is 5. The zero-order valence-corrected chi connectivity index (χ0v) is 12.7. The molecular weight excluding hydrogens is 325 g/mol. The number of ether oxygens (including phenoxy) is 1. The fraction of sp³-hybridized carbons (Fsp3) is 0.250. The molecule has 0 spiro atoms. The maximum absolute atomic E-state index is 12.5. The number of alkyl halides is 3. The molecular formula is C16H15F3N2O3. The summed E-state index contributed by atoms with van der Waals surface area (Å²) in [5.74, 6) is -0.648. The first-order chi connectivity index (χ1) is 11.3. The van der Waals surface area contributed by atoms with E-state index in [9.17, 15) is 22.8 Å². The molecule has 24 heavy (non-hydrogen) atoms. The Balaban J connectivity index is 2.23. The number of anilines is 1. The van der Waals surface area contributed by atoms with Crippen molar-refractivity contribution in [3.8, 4) is 0 Å². The first-order valence-electron chi connectivity index (χ1n) is 6.96. The molecule has 0 saturated carbocycles. The van der Waals surface area contributed by atoms with Crippen LogP contribution in [0.25, 0.3) is 0 Å². The van der Waals surface area contributed by atoms with E-state index in [2.05, 4.69) is 5.32 Å². The minimum absolute atomic E-state index is 0.246. The number of hydrogen-bond donors (Lipinski definition) is 1. The van der Waals surface area contributed by atoms with Crippen LogP contribution < -0.4 is 10.9 Å². The lowest BCUT2D eigenvalue weighted by molar-refractivity contribution is -0.141.